The second-order valence-corrected chi connectivity index (χ2v) is 9.31. The third-order valence-corrected chi connectivity index (χ3v) is 5.41. The van der Waals surface area contributed by atoms with Gasteiger partial charge in [-0.3, -0.25) is 9.59 Å². The van der Waals surface area contributed by atoms with Crippen LogP contribution in [0.5, 0.6) is 5.75 Å². The highest BCUT2D eigenvalue weighted by Gasteiger charge is 2.30. The van der Waals surface area contributed by atoms with Crippen molar-refractivity contribution in [2.24, 2.45) is 5.73 Å². The monoisotopic (exact) mass is 463 g/mol. The predicted octanol–water partition coefficient (Wildman–Crippen LogP) is 0.881. The minimum atomic E-state index is -4.71. The molecule has 1 aromatic carbocycles. The van der Waals surface area contributed by atoms with Gasteiger partial charge in [-0.05, 0) is 31.5 Å². The van der Waals surface area contributed by atoms with Crippen molar-refractivity contribution in [2.75, 3.05) is 12.4 Å². The number of rotatable bonds is 8. The normalized spacial score (nSPS) is 12.6. The van der Waals surface area contributed by atoms with Gasteiger partial charge in [0.15, 0.2) is 15.6 Å². The standard InChI is InChI=1S/C18H20F3N3O6S/c1-17(2,27)10-30-15-13(7-23-24(16(15)26)9-18(19,20)21)11-3-5-12(6-4-11)31(28,29)8-14(22)25/h3-7,27H,8-10H2,1-2H3,(H2,22,25). The van der Waals surface area contributed by atoms with Crippen LogP contribution in [0.15, 0.2) is 40.2 Å². The third kappa shape index (κ3) is 6.79. The Balaban J connectivity index is 2.53. The number of alkyl halides is 3. The van der Waals surface area contributed by atoms with Gasteiger partial charge in [-0.1, -0.05) is 12.1 Å². The molecule has 1 heterocycles. The SMILES string of the molecule is CC(C)(O)COc1c(-c2ccc(S(=O)(=O)CC(N)=O)cc2)cnn(CC(F)(F)F)c1=O. The summed E-state index contributed by atoms with van der Waals surface area (Å²) in [5.74, 6) is -2.43. The molecular weight excluding hydrogens is 443 g/mol. The quantitative estimate of drug-likeness (QED) is 0.592. The predicted molar refractivity (Wildman–Crippen MR) is 103 cm³/mol. The summed E-state index contributed by atoms with van der Waals surface area (Å²) < 4.78 is 67.8. The molecule has 170 valence electrons. The summed E-state index contributed by atoms with van der Waals surface area (Å²) in [6.07, 6.45) is -3.73. The second kappa shape index (κ2) is 8.67. The van der Waals surface area contributed by atoms with Gasteiger partial charge in [0, 0.05) is 5.56 Å². The topological polar surface area (TPSA) is 142 Å². The molecule has 0 saturated carbocycles. The van der Waals surface area contributed by atoms with Crippen LogP contribution < -0.4 is 16.0 Å². The van der Waals surface area contributed by atoms with E-state index < -0.39 is 57.7 Å². The summed E-state index contributed by atoms with van der Waals surface area (Å²) in [6.45, 7) is 0.701. The van der Waals surface area contributed by atoms with E-state index in [1.165, 1.54) is 26.0 Å². The van der Waals surface area contributed by atoms with Gasteiger partial charge in [-0.2, -0.15) is 18.3 Å². The first-order valence-electron chi connectivity index (χ1n) is 8.73. The molecule has 2 aromatic rings. The van der Waals surface area contributed by atoms with Gasteiger partial charge in [0.25, 0.3) is 0 Å². The molecule has 0 fully saturated rings. The number of benzene rings is 1. The summed E-state index contributed by atoms with van der Waals surface area (Å²) >= 11 is 0. The number of ether oxygens (including phenoxy) is 1. The molecule has 0 saturated heterocycles. The van der Waals surface area contributed by atoms with Gasteiger partial charge in [-0.25, -0.2) is 13.1 Å². The molecule has 31 heavy (non-hydrogen) atoms. The van der Waals surface area contributed by atoms with E-state index in [-0.39, 0.29) is 20.7 Å². The minimum Gasteiger partial charge on any atom is -0.484 e. The van der Waals surface area contributed by atoms with E-state index in [9.17, 15) is 36.3 Å². The van der Waals surface area contributed by atoms with Crippen molar-refractivity contribution in [1.82, 2.24) is 9.78 Å². The zero-order valence-electron chi connectivity index (χ0n) is 16.5. The summed E-state index contributed by atoms with van der Waals surface area (Å²) in [6, 6.07) is 4.84. The van der Waals surface area contributed by atoms with Crippen molar-refractivity contribution in [3.63, 3.8) is 0 Å². The van der Waals surface area contributed by atoms with Crippen LogP contribution in [-0.4, -0.2) is 53.3 Å². The van der Waals surface area contributed by atoms with Crippen LogP contribution in [0.25, 0.3) is 11.1 Å². The fourth-order valence-corrected chi connectivity index (χ4v) is 3.55. The van der Waals surface area contributed by atoms with Crippen LogP contribution in [0.2, 0.25) is 0 Å². The van der Waals surface area contributed by atoms with E-state index >= 15 is 0 Å². The van der Waals surface area contributed by atoms with Crippen LogP contribution in [0.1, 0.15) is 13.8 Å². The Morgan fingerprint density at radius 1 is 1.23 bits per heavy atom. The first-order chi connectivity index (χ1) is 14.1. The molecule has 0 aliphatic carbocycles. The molecule has 0 aliphatic heterocycles. The molecule has 2 rings (SSSR count). The fraction of sp³-hybridized carbons (Fsp3) is 0.389. The van der Waals surface area contributed by atoms with E-state index in [2.05, 4.69) is 5.10 Å². The largest absolute Gasteiger partial charge is 0.484 e. The van der Waals surface area contributed by atoms with Crippen LogP contribution in [-0.2, 0) is 21.2 Å². The van der Waals surface area contributed by atoms with E-state index in [0.717, 1.165) is 18.3 Å². The van der Waals surface area contributed by atoms with E-state index in [4.69, 9.17) is 10.5 Å². The Hall–Kier alpha value is -2.93. The summed E-state index contributed by atoms with van der Waals surface area (Å²) in [4.78, 5) is 23.3. The molecule has 13 heteroatoms. The number of carbonyl (C=O) groups is 1. The maximum absolute atomic E-state index is 12.7. The third-order valence-electron chi connectivity index (χ3n) is 3.76. The number of halogens is 3. The summed E-state index contributed by atoms with van der Waals surface area (Å²) in [5.41, 5.74) is 2.56. The van der Waals surface area contributed by atoms with Crippen molar-refractivity contribution >= 4 is 15.7 Å². The lowest BCUT2D eigenvalue weighted by Gasteiger charge is -2.20. The van der Waals surface area contributed by atoms with Crippen molar-refractivity contribution in [2.45, 2.75) is 37.1 Å². The number of hydrogen-bond acceptors (Lipinski definition) is 7. The van der Waals surface area contributed by atoms with Crippen LogP contribution in [0, 0.1) is 0 Å². The number of nitrogens with zero attached hydrogens (tertiary/aromatic N) is 2. The lowest BCUT2D eigenvalue weighted by atomic mass is 10.1. The van der Waals surface area contributed by atoms with Crippen molar-refractivity contribution in [3.05, 3.63) is 40.8 Å². The Bertz CT molecular complexity index is 1120. The molecular formula is C18H20F3N3O6S. The highest BCUT2D eigenvalue weighted by Crippen LogP contribution is 2.28. The number of nitrogens with two attached hydrogens (primary N) is 1. The van der Waals surface area contributed by atoms with Gasteiger partial charge in [-0.15, -0.1) is 0 Å². The molecule has 0 radical (unpaired) electrons. The summed E-state index contributed by atoms with van der Waals surface area (Å²) in [5, 5.41) is 13.4. The Morgan fingerprint density at radius 2 is 1.81 bits per heavy atom. The maximum Gasteiger partial charge on any atom is 0.408 e. The zero-order chi connectivity index (χ0) is 23.6. The lowest BCUT2D eigenvalue weighted by Crippen LogP contribution is -2.34. The van der Waals surface area contributed by atoms with Crippen LogP contribution in [0.4, 0.5) is 13.2 Å². The molecule has 3 N–H and O–H groups in total. The van der Waals surface area contributed by atoms with Gasteiger partial charge in [0.2, 0.25) is 5.91 Å². The number of primary amides is 1. The molecule has 1 amide bonds. The molecule has 0 bridgehead atoms. The molecule has 0 aliphatic rings. The average molecular weight is 463 g/mol. The van der Waals surface area contributed by atoms with Gasteiger partial charge >= 0.3 is 11.7 Å². The lowest BCUT2D eigenvalue weighted by molar-refractivity contribution is -0.143. The first kappa shape index (κ1) is 24.3. The van der Waals surface area contributed by atoms with Crippen molar-refractivity contribution in [3.8, 4) is 16.9 Å². The Kier molecular flexibility index (Phi) is 6.81. The van der Waals surface area contributed by atoms with E-state index in [1.54, 1.807) is 0 Å². The molecule has 9 nitrogen and oxygen atoms in total. The first-order valence-corrected chi connectivity index (χ1v) is 10.4. The molecule has 0 spiro atoms. The van der Waals surface area contributed by atoms with E-state index in [1.807, 2.05) is 0 Å². The Morgan fingerprint density at radius 3 is 2.29 bits per heavy atom. The summed E-state index contributed by atoms with van der Waals surface area (Å²) in [7, 11) is -3.98. The second-order valence-electron chi connectivity index (χ2n) is 7.32. The number of aromatic nitrogens is 2. The highest BCUT2D eigenvalue weighted by atomic mass is 32.2. The van der Waals surface area contributed by atoms with Gasteiger partial charge < -0.3 is 15.6 Å². The number of carbonyl (C=O) groups excluding carboxylic acids is 1. The van der Waals surface area contributed by atoms with E-state index in [0.29, 0.717) is 0 Å². The number of hydrogen-bond donors (Lipinski definition) is 2. The van der Waals surface area contributed by atoms with Crippen molar-refractivity contribution < 1.29 is 36.2 Å². The number of amides is 1. The molecule has 0 unspecified atom stereocenters. The molecule has 0 atom stereocenters. The minimum absolute atomic E-state index is 0.00785. The average Bonchev–Trinajstić information content (AvgIpc) is 2.59. The van der Waals surface area contributed by atoms with Gasteiger partial charge in [0.1, 0.15) is 18.9 Å². The van der Waals surface area contributed by atoms with Crippen LogP contribution >= 0.6 is 0 Å². The van der Waals surface area contributed by atoms with Crippen molar-refractivity contribution in [1.29, 1.82) is 0 Å². The maximum atomic E-state index is 12.7. The zero-order valence-corrected chi connectivity index (χ0v) is 17.3. The van der Waals surface area contributed by atoms with Gasteiger partial charge in [0.05, 0.1) is 16.7 Å². The fourth-order valence-electron chi connectivity index (χ4n) is 2.46. The smallest absolute Gasteiger partial charge is 0.408 e. The Labute approximate surface area is 175 Å². The van der Waals surface area contributed by atoms with Crippen LogP contribution in [0.3, 0.4) is 0 Å². The molecule has 1 aromatic heterocycles. The number of aliphatic hydroxyl groups is 1. The number of sulfone groups is 1. The highest BCUT2D eigenvalue weighted by molar-refractivity contribution is 7.92.